The van der Waals surface area contributed by atoms with Gasteiger partial charge >= 0.3 is 0 Å². The zero-order chi connectivity index (χ0) is 12.3. The Morgan fingerprint density at radius 1 is 1.47 bits per heavy atom. The molecule has 1 aromatic heterocycles. The van der Waals surface area contributed by atoms with Gasteiger partial charge in [0.15, 0.2) is 0 Å². The van der Waals surface area contributed by atoms with Gasteiger partial charge in [-0.2, -0.15) is 4.98 Å². The zero-order valence-corrected chi connectivity index (χ0v) is 10.3. The summed E-state index contributed by atoms with van der Waals surface area (Å²) in [6.45, 7) is 0.480. The lowest BCUT2D eigenvalue weighted by Gasteiger charge is -2.08. The third-order valence-corrected chi connectivity index (χ3v) is 2.86. The van der Waals surface area contributed by atoms with Crippen LogP contribution in [0.3, 0.4) is 0 Å². The van der Waals surface area contributed by atoms with Gasteiger partial charge in [-0.25, -0.2) is 0 Å². The highest BCUT2D eigenvalue weighted by Gasteiger charge is 2.35. The molecule has 2 atom stereocenters. The lowest BCUT2D eigenvalue weighted by atomic mass is 10.2. The fourth-order valence-corrected chi connectivity index (χ4v) is 1.87. The summed E-state index contributed by atoms with van der Waals surface area (Å²) in [4.78, 5) is 4.33. The van der Waals surface area contributed by atoms with Gasteiger partial charge in [-0.15, -0.1) is 0 Å². The van der Waals surface area contributed by atoms with Crippen LogP contribution in [0.2, 0.25) is 0 Å². The van der Waals surface area contributed by atoms with Crippen molar-refractivity contribution < 1.29 is 14.0 Å². The van der Waals surface area contributed by atoms with Crippen LogP contribution in [-0.2, 0) is 15.9 Å². The van der Waals surface area contributed by atoms with Crippen LogP contribution < -0.4 is 5.73 Å². The van der Waals surface area contributed by atoms with Gasteiger partial charge in [0.05, 0.1) is 6.61 Å². The lowest BCUT2D eigenvalue weighted by Crippen LogP contribution is -2.28. The summed E-state index contributed by atoms with van der Waals surface area (Å²) in [5, 5.41) is 3.95. The van der Waals surface area contributed by atoms with E-state index < -0.39 is 0 Å². The van der Waals surface area contributed by atoms with E-state index in [1.165, 1.54) is 12.8 Å². The minimum atomic E-state index is -0.116. The van der Waals surface area contributed by atoms with Crippen LogP contribution in [-0.4, -0.2) is 37.0 Å². The molecule has 0 bridgehead atoms. The van der Waals surface area contributed by atoms with Crippen LogP contribution in [0, 0.1) is 5.92 Å². The van der Waals surface area contributed by atoms with Crippen molar-refractivity contribution >= 4 is 0 Å². The van der Waals surface area contributed by atoms with Crippen LogP contribution in [0.1, 0.15) is 30.7 Å². The first-order chi connectivity index (χ1) is 8.24. The Morgan fingerprint density at radius 3 is 2.82 bits per heavy atom. The minimum absolute atomic E-state index is 0.0360. The maximum Gasteiger partial charge on any atom is 0.228 e. The first-order valence-corrected chi connectivity index (χ1v) is 5.84. The summed E-state index contributed by atoms with van der Waals surface area (Å²) in [5.41, 5.74) is 5.82. The monoisotopic (exact) mass is 241 g/mol. The van der Waals surface area contributed by atoms with Crippen molar-refractivity contribution in [1.29, 1.82) is 0 Å². The maximum absolute atomic E-state index is 5.82. The first kappa shape index (κ1) is 12.5. The average Bonchev–Trinajstić information content (AvgIpc) is 3.02. The van der Waals surface area contributed by atoms with Crippen molar-refractivity contribution in [3.8, 4) is 0 Å². The van der Waals surface area contributed by atoms with Crippen molar-refractivity contribution in [2.75, 3.05) is 20.8 Å². The van der Waals surface area contributed by atoms with Gasteiger partial charge in [0.2, 0.25) is 11.7 Å². The van der Waals surface area contributed by atoms with Gasteiger partial charge in [0.1, 0.15) is 6.10 Å². The van der Waals surface area contributed by atoms with E-state index in [-0.39, 0.29) is 12.1 Å². The van der Waals surface area contributed by atoms with Crippen molar-refractivity contribution in [2.45, 2.75) is 31.4 Å². The van der Waals surface area contributed by atoms with Gasteiger partial charge in [-0.1, -0.05) is 5.16 Å². The summed E-state index contributed by atoms with van der Waals surface area (Å²) in [6.07, 6.45) is 2.84. The molecule has 1 aliphatic rings. The van der Waals surface area contributed by atoms with E-state index in [1.807, 2.05) is 0 Å². The Labute approximate surface area is 100 Å². The predicted molar refractivity (Wildman–Crippen MR) is 60.3 cm³/mol. The second kappa shape index (κ2) is 5.57. The third kappa shape index (κ3) is 3.24. The number of hydrogen-bond donors (Lipinski definition) is 1. The molecule has 6 nitrogen and oxygen atoms in total. The number of nitrogens with zero attached hydrogens (tertiary/aromatic N) is 2. The van der Waals surface area contributed by atoms with Crippen LogP contribution in [0.4, 0.5) is 0 Å². The van der Waals surface area contributed by atoms with E-state index in [4.69, 9.17) is 19.7 Å². The quantitative estimate of drug-likeness (QED) is 0.756. The molecule has 17 heavy (non-hydrogen) atoms. The van der Waals surface area contributed by atoms with E-state index in [0.717, 1.165) is 0 Å². The van der Waals surface area contributed by atoms with Crippen molar-refractivity contribution in [3.05, 3.63) is 11.7 Å². The number of aromatic nitrogens is 2. The molecule has 1 heterocycles. The number of nitrogens with two attached hydrogens (primary N) is 1. The molecule has 6 heteroatoms. The molecule has 1 aliphatic carbocycles. The van der Waals surface area contributed by atoms with Crippen molar-refractivity contribution in [1.82, 2.24) is 10.1 Å². The summed E-state index contributed by atoms with van der Waals surface area (Å²) in [7, 11) is 3.29. The fraction of sp³-hybridized carbons (Fsp3) is 0.818. The van der Waals surface area contributed by atoms with Gasteiger partial charge in [-0.05, 0) is 18.8 Å². The lowest BCUT2D eigenvalue weighted by molar-refractivity contribution is 0.0751. The Bertz CT molecular complexity index is 351. The second-order valence-corrected chi connectivity index (χ2v) is 4.46. The molecule has 1 aromatic rings. The zero-order valence-electron chi connectivity index (χ0n) is 10.3. The Kier molecular flexibility index (Phi) is 4.09. The minimum Gasteiger partial charge on any atom is -0.383 e. The number of ether oxygens (including phenoxy) is 2. The average molecular weight is 241 g/mol. The van der Waals surface area contributed by atoms with Gasteiger partial charge < -0.3 is 19.7 Å². The molecule has 2 unspecified atom stereocenters. The largest absolute Gasteiger partial charge is 0.383 e. The molecular weight excluding hydrogens is 222 g/mol. The summed E-state index contributed by atoms with van der Waals surface area (Å²) in [5.74, 6) is 1.72. The summed E-state index contributed by atoms with van der Waals surface area (Å²) >= 11 is 0. The topological polar surface area (TPSA) is 83.4 Å². The number of methoxy groups -OCH3 is 2. The van der Waals surface area contributed by atoms with Crippen LogP contribution in [0.5, 0.6) is 0 Å². The molecule has 1 fully saturated rings. The molecule has 0 amide bonds. The number of rotatable bonds is 7. The van der Waals surface area contributed by atoms with Crippen LogP contribution in [0.15, 0.2) is 4.52 Å². The molecule has 0 spiro atoms. The highest BCUT2D eigenvalue weighted by molar-refractivity contribution is 4.99. The SMILES string of the molecule is COCC(N)Cc1nc(C(OC)C2CC2)no1. The molecule has 0 saturated heterocycles. The molecule has 2 rings (SSSR count). The Morgan fingerprint density at radius 2 is 2.24 bits per heavy atom. The van der Waals surface area contributed by atoms with E-state index in [2.05, 4.69) is 10.1 Å². The molecule has 0 radical (unpaired) electrons. The van der Waals surface area contributed by atoms with E-state index >= 15 is 0 Å². The highest BCUT2D eigenvalue weighted by Crippen LogP contribution is 2.41. The fourth-order valence-electron chi connectivity index (χ4n) is 1.87. The first-order valence-electron chi connectivity index (χ1n) is 5.84. The molecule has 2 N–H and O–H groups in total. The van der Waals surface area contributed by atoms with Crippen LogP contribution in [0.25, 0.3) is 0 Å². The Balaban J connectivity index is 1.94. The van der Waals surface area contributed by atoms with Crippen LogP contribution >= 0.6 is 0 Å². The van der Waals surface area contributed by atoms with Gasteiger partial charge in [0.25, 0.3) is 0 Å². The molecule has 0 aliphatic heterocycles. The molecule has 0 aromatic carbocycles. The normalized spacial score (nSPS) is 19.2. The van der Waals surface area contributed by atoms with E-state index in [1.54, 1.807) is 14.2 Å². The van der Waals surface area contributed by atoms with Gasteiger partial charge in [0, 0.05) is 26.7 Å². The third-order valence-electron chi connectivity index (χ3n) is 2.86. The molecule has 1 saturated carbocycles. The molecule has 96 valence electrons. The highest BCUT2D eigenvalue weighted by atomic mass is 16.5. The van der Waals surface area contributed by atoms with Crippen molar-refractivity contribution in [2.24, 2.45) is 11.7 Å². The van der Waals surface area contributed by atoms with E-state index in [0.29, 0.717) is 30.7 Å². The van der Waals surface area contributed by atoms with E-state index in [9.17, 15) is 0 Å². The maximum atomic E-state index is 5.82. The summed E-state index contributed by atoms with van der Waals surface area (Å²) < 4.78 is 15.5. The van der Waals surface area contributed by atoms with Crippen molar-refractivity contribution in [3.63, 3.8) is 0 Å². The Hall–Kier alpha value is -0.980. The standard InChI is InChI=1S/C11H19N3O3/c1-15-6-8(12)5-9-13-11(14-17-9)10(16-2)7-3-4-7/h7-8,10H,3-6,12H2,1-2H3. The smallest absolute Gasteiger partial charge is 0.228 e. The summed E-state index contributed by atoms with van der Waals surface area (Å²) in [6, 6.07) is -0.116. The van der Waals surface area contributed by atoms with Gasteiger partial charge in [-0.3, -0.25) is 0 Å². The second-order valence-electron chi connectivity index (χ2n) is 4.46. The number of hydrogen-bond acceptors (Lipinski definition) is 6. The molecular formula is C11H19N3O3. The predicted octanol–water partition coefficient (Wildman–Crippen LogP) is 0.683.